The molecular weight excluding hydrogens is 328 g/mol. The van der Waals surface area contributed by atoms with E-state index in [2.05, 4.69) is 10.1 Å². The molecule has 0 fully saturated rings. The van der Waals surface area contributed by atoms with E-state index in [1.165, 1.54) is 17.0 Å². The van der Waals surface area contributed by atoms with Crippen LogP contribution in [-0.4, -0.2) is 24.6 Å². The zero-order valence-corrected chi connectivity index (χ0v) is 13.6. The Balaban J connectivity index is 1.87. The largest absolute Gasteiger partial charge is 0.435 e. The molecular formula is C18H17F2N3O2. The topological polar surface area (TPSA) is 65.4 Å². The normalized spacial score (nSPS) is 10.2. The van der Waals surface area contributed by atoms with Crippen LogP contribution in [0.15, 0.2) is 48.5 Å². The summed E-state index contributed by atoms with van der Waals surface area (Å²) in [4.78, 5) is 13.6. The van der Waals surface area contributed by atoms with Crippen LogP contribution in [0.4, 0.5) is 13.6 Å². The number of urea groups is 1. The Hall–Kier alpha value is -3.14. The van der Waals surface area contributed by atoms with Crippen LogP contribution in [0.2, 0.25) is 0 Å². The summed E-state index contributed by atoms with van der Waals surface area (Å²) in [6.07, 6.45) is 0. The minimum atomic E-state index is -2.89. The second-order valence-corrected chi connectivity index (χ2v) is 5.35. The molecule has 2 aromatic rings. The fraction of sp³-hybridized carbons (Fsp3) is 0.222. The summed E-state index contributed by atoms with van der Waals surface area (Å²) < 4.78 is 28.7. The van der Waals surface area contributed by atoms with Gasteiger partial charge in [-0.25, -0.2) is 4.79 Å². The standard InChI is InChI=1S/C18H17F2N3O2/c1-23(12-14-7-5-13(10-21)6-8-14)18(24)22-11-15-3-2-4-16(9-15)25-17(19)20/h2-9,17H,11-12H2,1H3,(H,22,24). The molecule has 25 heavy (non-hydrogen) atoms. The van der Waals surface area contributed by atoms with E-state index >= 15 is 0 Å². The van der Waals surface area contributed by atoms with Crippen LogP contribution in [0.3, 0.4) is 0 Å². The Morgan fingerprint density at radius 1 is 1.24 bits per heavy atom. The lowest BCUT2D eigenvalue weighted by atomic mass is 10.1. The van der Waals surface area contributed by atoms with Crippen molar-refractivity contribution < 1.29 is 18.3 Å². The van der Waals surface area contributed by atoms with Crippen molar-refractivity contribution in [2.75, 3.05) is 7.05 Å². The fourth-order valence-corrected chi connectivity index (χ4v) is 2.17. The van der Waals surface area contributed by atoms with Gasteiger partial charge in [-0.05, 0) is 35.4 Å². The van der Waals surface area contributed by atoms with E-state index in [4.69, 9.17) is 5.26 Å². The van der Waals surface area contributed by atoms with E-state index in [-0.39, 0.29) is 18.3 Å². The number of amides is 2. The third-order valence-electron chi connectivity index (χ3n) is 3.42. The van der Waals surface area contributed by atoms with Crippen molar-refractivity contribution in [1.29, 1.82) is 5.26 Å². The van der Waals surface area contributed by atoms with Crippen molar-refractivity contribution in [3.8, 4) is 11.8 Å². The molecule has 130 valence electrons. The van der Waals surface area contributed by atoms with Crippen LogP contribution in [0.5, 0.6) is 5.75 Å². The molecule has 0 aromatic heterocycles. The van der Waals surface area contributed by atoms with Gasteiger partial charge in [-0.2, -0.15) is 14.0 Å². The fourth-order valence-electron chi connectivity index (χ4n) is 2.17. The first-order valence-electron chi connectivity index (χ1n) is 7.49. The first-order chi connectivity index (χ1) is 12.0. The van der Waals surface area contributed by atoms with Gasteiger partial charge in [0.1, 0.15) is 5.75 Å². The second-order valence-electron chi connectivity index (χ2n) is 5.35. The summed E-state index contributed by atoms with van der Waals surface area (Å²) in [5.41, 5.74) is 2.10. The number of nitrogens with one attached hydrogen (secondary N) is 1. The number of alkyl halides is 2. The summed E-state index contributed by atoms with van der Waals surface area (Å²) in [7, 11) is 1.64. The van der Waals surface area contributed by atoms with E-state index < -0.39 is 6.61 Å². The van der Waals surface area contributed by atoms with Gasteiger partial charge in [0.25, 0.3) is 0 Å². The molecule has 0 aliphatic heterocycles. The van der Waals surface area contributed by atoms with Crippen LogP contribution in [0.1, 0.15) is 16.7 Å². The molecule has 0 unspecified atom stereocenters. The van der Waals surface area contributed by atoms with Crippen LogP contribution in [0, 0.1) is 11.3 Å². The van der Waals surface area contributed by atoms with Crippen molar-refractivity contribution in [2.45, 2.75) is 19.7 Å². The van der Waals surface area contributed by atoms with Crippen LogP contribution >= 0.6 is 0 Å². The smallest absolute Gasteiger partial charge is 0.387 e. The van der Waals surface area contributed by atoms with Crippen molar-refractivity contribution in [3.63, 3.8) is 0 Å². The average Bonchev–Trinajstić information content (AvgIpc) is 2.60. The molecule has 0 saturated carbocycles. The Labute approximate surface area is 144 Å². The number of hydrogen-bond donors (Lipinski definition) is 1. The second kappa shape index (κ2) is 8.64. The van der Waals surface area contributed by atoms with Crippen LogP contribution in [0.25, 0.3) is 0 Å². The van der Waals surface area contributed by atoms with Gasteiger partial charge < -0.3 is 15.0 Å². The summed E-state index contributed by atoms with van der Waals surface area (Å²) >= 11 is 0. The quantitative estimate of drug-likeness (QED) is 0.871. The molecule has 5 nitrogen and oxygen atoms in total. The third kappa shape index (κ3) is 5.77. The van der Waals surface area contributed by atoms with Gasteiger partial charge in [0, 0.05) is 20.1 Å². The molecule has 0 aliphatic carbocycles. The molecule has 2 rings (SSSR count). The minimum Gasteiger partial charge on any atom is -0.435 e. The summed E-state index contributed by atoms with van der Waals surface area (Å²) in [6.45, 7) is -2.31. The van der Waals surface area contributed by atoms with Crippen molar-refractivity contribution in [3.05, 3.63) is 65.2 Å². The SMILES string of the molecule is CN(Cc1ccc(C#N)cc1)C(=O)NCc1cccc(OC(F)F)c1. The first-order valence-corrected chi connectivity index (χ1v) is 7.49. The Morgan fingerprint density at radius 3 is 2.60 bits per heavy atom. The Bertz CT molecular complexity index is 758. The number of benzene rings is 2. The number of rotatable bonds is 6. The number of carbonyl (C=O) groups is 1. The number of hydrogen-bond acceptors (Lipinski definition) is 3. The van der Waals surface area contributed by atoms with Gasteiger partial charge in [0.05, 0.1) is 11.6 Å². The molecule has 7 heteroatoms. The predicted molar refractivity (Wildman–Crippen MR) is 87.9 cm³/mol. The predicted octanol–water partition coefficient (Wildman–Crippen LogP) is 3.50. The maximum atomic E-state index is 12.2. The van der Waals surface area contributed by atoms with Crippen LogP contribution in [-0.2, 0) is 13.1 Å². The third-order valence-corrected chi connectivity index (χ3v) is 3.42. The monoisotopic (exact) mass is 345 g/mol. The van der Waals surface area contributed by atoms with Gasteiger partial charge in [0.2, 0.25) is 0 Å². The molecule has 2 amide bonds. The molecule has 0 aliphatic rings. The van der Waals surface area contributed by atoms with Gasteiger partial charge >= 0.3 is 12.6 Å². The van der Waals surface area contributed by atoms with E-state index in [9.17, 15) is 13.6 Å². The molecule has 0 spiro atoms. The lowest BCUT2D eigenvalue weighted by molar-refractivity contribution is -0.0498. The number of nitriles is 1. The molecule has 0 bridgehead atoms. The summed E-state index contributed by atoms with van der Waals surface area (Å²) in [6, 6.07) is 14.9. The lowest BCUT2D eigenvalue weighted by Crippen LogP contribution is -2.36. The zero-order valence-electron chi connectivity index (χ0n) is 13.6. The zero-order chi connectivity index (χ0) is 18.2. The molecule has 0 saturated heterocycles. The summed E-state index contributed by atoms with van der Waals surface area (Å²) in [5.74, 6) is 0.0488. The number of ether oxygens (including phenoxy) is 1. The highest BCUT2D eigenvalue weighted by Gasteiger charge is 2.10. The van der Waals surface area contributed by atoms with E-state index in [1.54, 1.807) is 43.4 Å². The Kier molecular flexibility index (Phi) is 6.29. The molecule has 0 radical (unpaired) electrons. The molecule has 1 N–H and O–H groups in total. The number of halogens is 2. The van der Waals surface area contributed by atoms with Crippen molar-refractivity contribution in [2.24, 2.45) is 0 Å². The maximum absolute atomic E-state index is 12.2. The van der Waals surface area contributed by atoms with E-state index in [0.29, 0.717) is 17.7 Å². The number of carbonyl (C=O) groups excluding carboxylic acids is 1. The molecule has 0 heterocycles. The van der Waals surface area contributed by atoms with Gasteiger partial charge in [-0.1, -0.05) is 24.3 Å². The average molecular weight is 345 g/mol. The lowest BCUT2D eigenvalue weighted by Gasteiger charge is -2.18. The highest BCUT2D eigenvalue weighted by Crippen LogP contribution is 2.16. The first kappa shape index (κ1) is 18.2. The van der Waals surface area contributed by atoms with E-state index in [0.717, 1.165) is 5.56 Å². The molecule has 2 aromatic carbocycles. The minimum absolute atomic E-state index is 0.0488. The van der Waals surface area contributed by atoms with Gasteiger partial charge in [-0.3, -0.25) is 0 Å². The number of nitrogens with zero attached hydrogens (tertiary/aromatic N) is 2. The van der Waals surface area contributed by atoms with Crippen LogP contribution < -0.4 is 10.1 Å². The van der Waals surface area contributed by atoms with Crippen molar-refractivity contribution in [1.82, 2.24) is 10.2 Å². The Morgan fingerprint density at radius 2 is 1.96 bits per heavy atom. The highest BCUT2D eigenvalue weighted by atomic mass is 19.3. The maximum Gasteiger partial charge on any atom is 0.387 e. The van der Waals surface area contributed by atoms with E-state index in [1.807, 2.05) is 6.07 Å². The van der Waals surface area contributed by atoms with Gasteiger partial charge in [0.15, 0.2) is 0 Å². The summed E-state index contributed by atoms with van der Waals surface area (Å²) in [5, 5.41) is 11.5. The molecule has 0 atom stereocenters. The van der Waals surface area contributed by atoms with Crippen molar-refractivity contribution >= 4 is 6.03 Å². The highest BCUT2D eigenvalue weighted by molar-refractivity contribution is 5.73. The van der Waals surface area contributed by atoms with Gasteiger partial charge in [-0.15, -0.1) is 0 Å².